The molecule has 2 aromatic rings. The molecule has 0 unspecified atom stereocenters. The monoisotopic (exact) mass is 555 g/mol. The number of benzene rings is 2. The van der Waals surface area contributed by atoms with Gasteiger partial charge in [0.05, 0.1) is 11.1 Å². The fraction of sp³-hybridized carbons (Fsp3) is 0.357. The first-order valence-electron chi connectivity index (χ1n) is 12.1. The van der Waals surface area contributed by atoms with Crippen molar-refractivity contribution in [2.24, 2.45) is 0 Å². The Morgan fingerprint density at radius 2 is 1.57 bits per heavy atom. The number of rotatable bonds is 6. The van der Waals surface area contributed by atoms with E-state index in [2.05, 4.69) is 21.2 Å². The van der Waals surface area contributed by atoms with Gasteiger partial charge in [-0.2, -0.15) is 0 Å². The summed E-state index contributed by atoms with van der Waals surface area (Å²) in [6, 6.07) is 11.4. The van der Waals surface area contributed by atoms with Crippen molar-refractivity contribution in [2.45, 2.75) is 58.0 Å². The van der Waals surface area contributed by atoms with Crippen molar-refractivity contribution in [3.63, 3.8) is 0 Å². The van der Waals surface area contributed by atoms with Crippen molar-refractivity contribution < 1.29 is 19.1 Å². The third-order valence-electron chi connectivity index (χ3n) is 6.75. The number of carbonyl (C=O) groups is 2. The predicted octanol–water partition coefficient (Wildman–Crippen LogP) is 6.78. The van der Waals surface area contributed by atoms with Gasteiger partial charge in [0.1, 0.15) is 6.61 Å². The molecule has 0 saturated heterocycles. The van der Waals surface area contributed by atoms with E-state index in [-0.39, 0.29) is 17.5 Å². The normalized spacial score (nSPS) is 18.3. The molecule has 1 aliphatic heterocycles. The molecule has 182 valence electrons. The van der Waals surface area contributed by atoms with Crippen molar-refractivity contribution in [3.8, 4) is 11.5 Å². The van der Waals surface area contributed by atoms with E-state index >= 15 is 0 Å². The third-order valence-corrected chi connectivity index (χ3v) is 7.59. The summed E-state index contributed by atoms with van der Waals surface area (Å²) in [6.45, 7) is 2.73. The van der Waals surface area contributed by atoms with E-state index in [1.165, 1.54) is 0 Å². The van der Waals surface area contributed by atoms with Crippen molar-refractivity contribution in [1.82, 2.24) is 5.32 Å². The minimum Gasteiger partial charge on any atom is -0.490 e. The molecule has 2 aromatic carbocycles. The van der Waals surface area contributed by atoms with Gasteiger partial charge < -0.3 is 14.8 Å². The number of hydrogen-bond acceptors (Lipinski definition) is 5. The molecular formula is C28H27BrClNO4. The predicted molar refractivity (Wildman–Crippen MR) is 139 cm³/mol. The van der Waals surface area contributed by atoms with E-state index in [1.54, 1.807) is 0 Å². The molecule has 0 spiro atoms. The Bertz CT molecular complexity index is 1210. The summed E-state index contributed by atoms with van der Waals surface area (Å²) < 4.78 is 12.9. The summed E-state index contributed by atoms with van der Waals surface area (Å²) in [6.07, 6.45) is 4.33. The molecule has 0 radical (unpaired) electrons. The van der Waals surface area contributed by atoms with Crippen LogP contribution in [0.1, 0.15) is 62.5 Å². The van der Waals surface area contributed by atoms with Crippen molar-refractivity contribution in [1.29, 1.82) is 0 Å². The Labute approximate surface area is 218 Å². The van der Waals surface area contributed by atoms with Crippen LogP contribution < -0.4 is 14.8 Å². The zero-order valence-electron chi connectivity index (χ0n) is 19.6. The van der Waals surface area contributed by atoms with Crippen LogP contribution in [0.2, 0.25) is 5.02 Å². The van der Waals surface area contributed by atoms with Gasteiger partial charge in [0.25, 0.3) is 0 Å². The second-order valence-electron chi connectivity index (χ2n) is 9.07. The van der Waals surface area contributed by atoms with Crippen LogP contribution in [-0.2, 0) is 16.2 Å². The lowest BCUT2D eigenvalue weighted by Crippen LogP contribution is -2.36. The fourth-order valence-electron chi connectivity index (χ4n) is 5.21. The van der Waals surface area contributed by atoms with Crippen LogP contribution in [0.15, 0.2) is 63.4 Å². The first kappa shape index (κ1) is 24.1. The zero-order chi connectivity index (χ0) is 24.5. The van der Waals surface area contributed by atoms with Crippen molar-refractivity contribution in [2.75, 3.05) is 6.61 Å². The summed E-state index contributed by atoms with van der Waals surface area (Å²) in [5.74, 6) is 1.02. The van der Waals surface area contributed by atoms with Gasteiger partial charge in [0.15, 0.2) is 23.1 Å². The quantitative estimate of drug-likeness (QED) is 0.425. The molecule has 5 rings (SSSR count). The molecule has 5 nitrogen and oxygen atoms in total. The van der Waals surface area contributed by atoms with Crippen LogP contribution in [0.25, 0.3) is 0 Å². The fourth-order valence-corrected chi connectivity index (χ4v) is 5.91. The number of halogens is 2. The lowest BCUT2D eigenvalue weighted by molar-refractivity contribution is -0.116. The number of ketones is 2. The molecule has 1 N–H and O–H groups in total. The molecule has 0 bridgehead atoms. The minimum absolute atomic E-state index is 0.117. The third kappa shape index (κ3) is 4.78. The molecule has 0 fully saturated rings. The number of hydrogen-bond donors (Lipinski definition) is 1. The van der Waals surface area contributed by atoms with Gasteiger partial charge in [-0.15, -0.1) is 0 Å². The average Bonchev–Trinajstić information content (AvgIpc) is 2.84. The number of dihydropyridines is 1. The number of nitrogens with one attached hydrogen (secondary N) is 1. The van der Waals surface area contributed by atoms with Crippen molar-refractivity contribution >= 4 is 39.1 Å². The smallest absolute Gasteiger partial charge is 0.175 e. The highest BCUT2D eigenvalue weighted by Gasteiger charge is 2.40. The molecule has 3 aliphatic rings. The van der Waals surface area contributed by atoms with E-state index in [0.717, 1.165) is 63.8 Å². The number of Topliss-reactive ketones (excluding diaryl/α,β-unsaturated/α-hetero) is 2. The van der Waals surface area contributed by atoms with Crippen LogP contribution in [-0.4, -0.2) is 18.2 Å². The highest BCUT2D eigenvalue weighted by molar-refractivity contribution is 9.10. The van der Waals surface area contributed by atoms with Gasteiger partial charge in [0.2, 0.25) is 0 Å². The largest absolute Gasteiger partial charge is 0.490 e. The minimum atomic E-state index is -0.386. The summed E-state index contributed by atoms with van der Waals surface area (Å²) in [5.41, 5.74) is 5.25. The first-order valence-corrected chi connectivity index (χ1v) is 13.3. The van der Waals surface area contributed by atoms with Gasteiger partial charge in [-0.3, -0.25) is 9.59 Å². The van der Waals surface area contributed by atoms with E-state index in [1.807, 2.05) is 43.3 Å². The summed E-state index contributed by atoms with van der Waals surface area (Å²) in [5, 5.41) is 4.14. The van der Waals surface area contributed by atoms with Crippen LogP contribution in [0.4, 0.5) is 0 Å². The molecule has 35 heavy (non-hydrogen) atoms. The average molecular weight is 557 g/mol. The highest BCUT2D eigenvalue weighted by Crippen LogP contribution is 2.48. The van der Waals surface area contributed by atoms with Crippen LogP contribution >= 0.6 is 27.5 Å². The summed E-state index contributed by atoms with van der Waals surface area (Å²) >= 11 is 9.68. The maximum absolute atomic E-state index is 13.1. The standard InChI is InChI=1S/C28H27BrClNO4/c1-2-34-24-14-17(13-19(29)28(24)35-15-16-9-11-18(30)12-10-16)25-26-20(5-3-7-22(26)32)31-21-6-4-8-23(33)27(21)25/h9-14,25,31H,2-8,15H2,1H3. The molecule has 0 amide bonds. The Kier molecular flexibility index (Phi) is 7.03. The van der Waals surface area contributed by atoms with Gasteiger partial charge in [-0.25, -0.2) is 0 Å². The summed E-state index contributed by atoms with van der Waals surface area (Å²) in [4.78, 5) is 26.3. The van der Waals surface area contributed by atoms with Gasteiger partial charge in [-0.05, 0) is 83.9 Å². The second kappa shape index (κ2) is 10.2. The lowest BCUT2D eigenvalue weighted by Gasteiger charge is -2.37. The molecular weight excluding hydrogens is 530 g/mol. The van der Waals surface area contributed by atoms with Gasteiger partial charge in [-0.1, -0.05) is 23.7 Å². The van der Waals surface area contributed by atoms with E-state index < -0.39 is 0 Å². The maximum Gasteiger partial charge on any atom is 0.175 e. The Morgan fingerprint density at radius 1 is 0.943 bits per heavy atom. The molecule has 0 atom stereocenters. The number of ether oxygens (including phenoxy) is 2. The molecule has 2 aliphatic carbocycles. The Balaban J connectivity index is 1.56. The number of allylic oxidation sites excluding steroid dienone is 4. The molecule has 0 aromatic heterocycles. The highest BCUT2D eigenvalue weighted by atomic mass is 79.9. The van der Waals surface area contributed by atoms with Crippen LogP contribution in [0.5, 0.6) is 11.5 Å². The molecule has 7 heteroatoms. The van der Waals surface area contributed by atoms with Crippen LogP contribution in [0.3, 0.4) is 0 Å². The molecule has 1 heterocycles. The van der Waals surface area contributed by atoms with E-state index in [0.29, 0.717) is 42.6 Å². The molecule has 0 saturated carbocycles. The Hall–Kier alpha value is -2.57. The second-order valence-corrected chi connectivity index (χ2v) is 10.4. The van der Waals surface area contributed by atoms with Crippen LogP contribution in [0, 0.1) is 0 Å². The Morgan fingerprint density at radius 3 is 2.17 bits per heavy atom. The maximum atomic E-state index is 13.1. The van der Waals surface area contributed by atoms with E-state index in [9.17, 15) is 9.59 Å². The SMILES string of the molecule is CCOc1cc(C2C3=C(CCCC3=O)NC3=C2C(=O)CCC3)cc(Br)c1OCc1ccc(Cl)cc1. The zero-order valence-corrected chi connectivity index (χ0v) is 21.9. The van der Waals surface area contributed by atoms with Gasteiger partial charge >= 0.3 is 0 Å². The number of carbonyl (C=O) groups excluding carboxylic acids is 2. The van der Waals surface area contributed by atoms with E-state index in [4.69, 9.17) is 21.1 Å². The lowest BCUT2D eigenvalue weighted by atomic mass is 9.71. The van der Waals surface area contributed by atoms with Gasteiger partial charge in [0, 0.05) is 46.3 Å². The summed E-state index contributed by atoms with van der Waals surface area (Å²) in [7, 11) is 0. The first-order chi connectivity index (χ1) is 17.0. The van der Waals surface area contributed by atoms with Crippen molar-refractivity contribution in [3.05, 3.63) is 79.6 Å². The topological polar surface area (TPSA) is 64.6 Å².